The van der Waals surface area contributed by atoms with Gasteiger partial charge in [-0.3, -0.25) is 9.71 Å². The first-order chi connectivity index (χ1) is 8.67. The zero-order chi connectivity index (χ0) is 14.3. The number of nitrogens with one attached hydrogen (secondary N) is 1. The van der Waals surface area contributed by atoms with E-state index in [0.29, 0.717) is 6.20 Å². The first kappa shape index (κ1) is 13.9. The van der Waals surface area contributed by atoms with Crippen LogP contribution in [0.25, 0.3) is 0 Å². The smallest absolute Gasteiger partial charge is 0.420 e. The summed E-state index contributed by atoms with van der Waals surface area (Å²) in [5, 5.41) is 0. The molecule has 1 saturated carbocycles. The molecule has 0 amide bonds. The zero-order valence-electron chi connectivity index (χ0n) is 9.86. The Bertz CT molecular complexity index is 582. The number of hydrogen-bond acceptors (Lipinski definition) is 4. The summed E-state index contributed by atoms with van der Waals surface area (Å²) in [6.45, 7) is 0. The number of halogens is 3. The van der Waals surface area contributed by atoms with Crippen LogP contribution in [0, 0.1) is 0 Å². The van der Waals surface area contributed by atoms with Gasteiger partial charge >= 0.3 is 6.18 Å². The third-order valence-corrected chi connectivity index (χ3v) is 2.90. The van der Waals surface area contributed by atoms with Gasteiger partial charge in [-0.15, -0.1) is 0 Å². The number of hydrogen-bond donors (Lipinski definition) is 1. The molecule has 0 saturated heterocycles. The second-order valence-corrected chi connectivity index (χ2v) is 6.00. The van der Waals surface area contributed by atoms with Crippen molar-refractivity contribution in [2.24, 2.45) is 0 Å². The summed E-state index contributed by atoms with van der Waals surface area (Å²) in [6, 6.07) is 0. The van der Waals surface area contributed by atoms with Crippen molar-refractivity contribution in [3.05, 3.63) is 18.0 Å². The summed E-state index contributed by atoms with van der Waals surface area (Å²) >= 11 is 0. The Hall–Kier alpha value is -1.51. The second kappa shape index (κ2) is 4.55. The van der Waals surface area contributed by atoms with Gasteiger partial charge in [0.15, 0.2) is 5.75 Å². The van der Waals surface area contributed by atoms with E-state index in [1.807, 2.05) is 4.72 Å². The van der Waals surface area contributed by atoms with Crippen LogP contribution in [0.4, 0.5) is 18.9 Å². The highest BCUT2D eigenvalue weighted by Gasteiger charge is 2.37. The minimum absolute atomic E-state index is 0.176. The van der Waals surface area contributed by atoms with Crippen LogP contribution in [0.5, 0.6) is 5.75 Å². The second-order valence-electron chi connectivity index (χ2n) is 4.25. The summed E-state index contributed by atoms with van der Waals surface area (Å²) in [5.41, 5.74) is -1.78. The Balaban J connectivity index is 2.47. The molecule has 1 aromatic heterocycles. The molecule has 19 heavy (non-hydrogen) atoms. The normalized spacial score (nSPS) is 16.2. The van der Waals surface area contributed by atoms with Gasteiger partial charge in [0.05, 0.1) is 18.6 Å². The molecule has 0 aromatic carbocycles. The van der Waals surface area contributed by atoms with Crippen molar-refractivity contribution in [3.63, 3.8) is 0 Å². The van der Waals surface area contributed by atoms with Crippen LogP contribution in [-0.4, -0.2) is 25.8 Å². The van der Waals surface area contributed by atoms with Crippen molar-refractivity contribution in [3.8, 4) is 5.75 Å². The van der Waals surface area contributed by atoms with Crippen molar-refractivity contribution in [1.82, 2.24) is 4.98 Å². The number of nitrogens with zero attached hydrogens (tertiary/aromatic N) is 1. The number of sulfonamides is 1. The highest BCUT2D eigenvalue weighted by molar-refractivity contribution is 7.92. The van der Waals surface area contributed by atoms with Gasteiger partial charge in [0.25, 0.3) is 0 Å². The zero-order valence-corrected chi connectivity index (χ0v) is 10.7. The molecule has 1 fully saturated rings. The Morgan fingerprint density at radius 2 is 2.00 bits per heavy atom. The molecule has 0 atom stereocenters. The molecule has 106 valence electrons. The van der Waals surface area contributed by atoms with E-state index in [0.717, 1.165) is 25.3 Å². The Labute approximate surface area is 107 Å². The van der Waals surface area contributed by atoms with E-state index < -0.39 is 27.5 Å². The third kappa shape index (κ3) is 3.72. The van der Waals surface area contributed by atoms with Crippen molar-refractivity contribution in [1.29, 1.82) is 0 Å². The lowest BCUT2D eigenvalue weighted by Gasteiger charge is -2.16. The number of rotatable bonds is 4. The van der Waals surface area contributed by atoms with Crippen molar-refractivity contribution >= 4 is 15.7 Å². The maximum absolute atomic E-state index is 12.8. The Morgan fingerprint density at radius 3 is 2.47 bits per heavy atom. The van der Waals surface area contributed by atoms with Crippen LogP contribution in [0.2, 0.25) is 0 Å². The first-order valence-electron chi connectivity index (χ1n) is 5.36. The highest BCUT2D eigenvalue weighted by atomic mass is 32.2. The van der Waals surface area contributed by atoms with E-state index in [-0.39, 0.29) is 11.9 Å². The van der Waals surface area contributed by atoms with Gasteiger partial charge in [-0.25, -0.2) is 8.42 Å². The first-order valence-corrected chi connectivity index (χ1v) is 7.25. The molecule has 0 unspecified atom stereocenters. The summed E-state index contributed by atoms with van der Waals surface area (Å²) in [6.07, 6.45) is -1.03. The minimum atomic E-state index is -4.72. The van der Waals surface area contributed by atoms with E-state index in [1.54, 1.807) is 0 Å². The summed E-state index contributed by atoms with van der Waals surface area (Å²) < 4.78 is 67.9. The number of anilines is 1. The minimum Gasteiger partial charge on any atom is -0.487 e. The van der Waals surface area contributed by atoms with Gasteiger partial charge in [-0.05, 0) is 12.8 Å². The molecule has 1 heterocycles. The molecule has 2 rings (SSSR count). The lowest BCUT2D eigenvalue weighted by atomic mass is 10.2. The van der Waals surface area contributed by atoms with Gasteiger partial charge in [0, 0.05) is 6.20 Å². The average Bonchev–Trinajstić information content (AvgIpc) is 3.00. The van der Waals surface area contributed by atoms with Crippen LogP contribution in [0.15, 0.2) is 12.4 Å². The number of aromatic nitrogens is 1. The number of pyridine rings is 1. The van der Waals surface area contributed by atoms with Crippen LogP contribution in [-0.2, 0) is 16.2 Å². The molecule has 1 aliphatic carbocycles. The molecule has 0 spiro atoms. The van der Waals surface area contributed by atoms with Crippen molar-refractivity contribution in [2.45, 2.75) is 25.1 Å². The van der Waals surface area contributed by atoms with Crippen LogP contribution < -0.4 is 9.46 Å². The highest BCUT2D eigenvalue weighted by Crippen LogP contribution is 2.41. The van der Waals surface area contributed by atoms with E-state index >= 15 is 0 Å². The maximum Gasteiger partial charge on any atom is 0.420 e. The van der Waals surface area contributed by atoms with E-state index in [4.69, 9.17) is 4.74 Å². The molecular weight excluding hydrogens is 285 g/mol. The fourth-order valence-electron chi connectivity index (χ4n) is 1.40. The predicted molar refractivity (Wildman–Crippen MR) is 61.4 cm³/mol. The fourth-order valence-corrected chi connectivity index (χ4v) is 1.98. The molecule has 0 radical (unpaired) electrons. The standard InChI is InChI=1S/C10H11F3N2O3S/c1-19(16,17)15-9-7(10(11,12)13)4-14-5-8(9)18-6-2-3-6/h4-6H,2-3H2,1H3,(H,14,15). The average molecular weight is 296 g/mol. The van der Waals surface area contributed by atoms with Crippen LogP contribution >= 0.6 is 0 Å². The fraction of sp³-hybridized carbons (Fsp3) is 0.500. The van der Waals surface area contributed by atoms with E-state index in [9.17, 15) is 21.6 Å². The SMILES string of the molecule is CS(=O)(=O)Nc1c(OC2CC2)cncc1C(F)(F)F. The molecule has 1 N–H and O–H groups in total. The van der Waals surface area contributed by atoms with Gasteiger partial charge < -0.3 is 4.74 Å². The van der Waals surface area contributed by atoms with Gasteiger partial charge in [-0.2, -0.15) is 13.2 Å². The predicted octanol–water partition coefficient (Wildman–Crippen LogP) is 2.01. The Kier molecular flexibility index (Phi) is 3.33. The lowest BCUT2D eigenvalue weighted by molar-refractivity contribution is -0.137. The molecular formula is C10H11F3N2O3S. The summed E-state index contributed by atoms with van der Waals surface area (Å²) in [7, 11) is -3.86. The maximum atomic E-state index is 12.8. The number of alkyl halides is 3. The van der Waals surface area contributed by atoms with Crippen molar-refractivity contribution < 1.29 is 26.3 Å². The quantitative estimate of drug-likeness (QED) is 0.923. The van der Waals surface area contributed by atoms with E-state index in [1.165, 1.54) is 0 Å². The summed E-state index contributed by atoms with van der Waals surface area (Å²) in [5.74, 6) is -0.206. The van der Waals surface area contributed by atoms with Crippen LogP contribution in [0.3, 0.4) is 0 Å². The number of ether oxygens (including phenoxy) is 1. The molecule has 1 aliphatic rings. The lowest BCUT2D eigenvalue weighted by Crippen LogP contribution is -2.17. The molecule has 1 aromatic rings. The van der Waals surface area contributed by atoms with Crippen molar-refractivity contribution in [2.75, 3.05) is 11.0 Å². The van der Waals surface area contributed by atoms with Crippen LogP contribution in [0.1, 0.15) is 18.4 Å². The van der Waals surface area contributed by atoms with Gasteiger partial charge in [0.1, 0.15) is 11.3 Å². The van der Waals surface area contributed by atoms with Gasteiger partial charge in [-0.1, -0.05) is 0 Å². The molecule has 5 nitrogen and oxygen atoms in total. The van der Waals surface area contributed by atoms with Gasteiger partial charge in [0.2, 0.25) is 10.0 Å². The molecule has 9 heteroatoms. The molecule has 0 aliphatic heterocycles. The summed E-state index contributed by atoms with van der Waals surface area (Å²) in [4.78, 5) is 3.44. The third-order valence-electron chi connectivity index (χ3n) is 2.32. The monoisotopic (exact) mass is 296 g/mol. The Morgan fingerprint density at radius 1 is 1.37 bits per heavy atom. The topological polar surface area (TPSA) is 68.3 Å². The van der Waals surface area contributed by atoms with E-state index in [2.05, 4.69) is 4.98 Å². The largest absolute Gasteiger partial charge is 0.487 e. The molecule has 0 bridgehead atoms.